The molecule has 1 aromatic heterocycles. The maximum atomic E-state index is 9.11. The number of hydrogen-bond acceptors (Lipinski definition) is 11. The molecule has 1 aromatic carbocycles. The van der Waals surface area contributed by atoms with Crippen molar-refractivity contribution in [2.75, 3.05) is 57.1 Å². The van der Waals surface area contributed by atoms with E-state index in [1.807, 2.05) is 12.1 Å². The van der Waals surface area contributed by atoms with E-state index >= 15 is 0 Å². The van der Waals surface area contributed by atoms with Crippen molar-refractivity contribution in [1.82, 2.24) is 19.8 Å². The number of anilines is 2. The number of nitrogens with two attached hydrogens (primary N) is 1. The Morgan fingerprint density at radius 2 is 1.78 bits per heavy atom. The number of likely N-dealkylation sites (tertiary alicyclic amines) is 1. The predicted octanol–water partition coefficient (Wildman–Crippen LogP) is 3.51. The van der Waals surface area contributed by atoms with Crippen LogP contribution in [0.4, 0.5) is 11.6 Å². The highest BCUT2D eigenvalue weighted by Gasteiger charge is 2.33. The van der Waals surface area contributed by atoms with Crippen LogP contribution in [0.5, 0.6) is 0 Å². The Kier molecular flexibility index (Phi) is 12.7. The van der Waals surface area contributed by atoms with Crippen LogP contribution in [0.3, 0.4) is 0 Å². The summed E-state index contributed by atoms with van der Waals surface area (Å²) in [5, 5.41) is 18.2. The van der Waals surface area contributed by atoms with E-state index in [0.717, 1.165) is 57.1 Å². The Labute approximate surface area is 252 Å². The predicted molar refractivity (Wildman–Crippen MR) is 165 cm³/mol. The van der Waals surface area contributed by atoms with Crippen molar-refractivity contribution in [3.05, 3.63) is 45.7 Å². The minimum atomic E-state index is -0.162. The van der Waals surface area contributed by atoms with E-state index in [2.05, 4.69) is 58.7 Å². The van der Waals surface area contributed by atoms with Gasteiger partial charge in [0.05, 0.1) is 25.1 Å². The number of methoxy groups -OCH3 is 1. The van der Waals surface area contributed by atoms with Gasteiger partial charge in [0.25, 0.3) is 6.47 Å². The smallest absolute Gasteiger partial charge is 0.292 e. The quantitative estimate of drug-likeness (QED) is 0.263. The number of hydrogen-bond donors (Lipinski definition) is 2. The Bertz CT molecular complexity index is 1200. The second-order valence-electron chi connectivity index (χ2n) is 10.2. The van der Waals surface area contributed by atoms with Gasteiger partial charge >= 0.3 is 0 Å². The first-order chi connectivity index (χ1) is 19.7. The van der Waals surface area contributed by atoms with Gasteiger partial charge in [-0.15, -0.1) is 0 Å². The normalized spacial score (nSPS) is 19.5. The number of aliphatic hydroxyl groups is 1. The standard InChI is InChI=1S/C26H36Cl2N8O.C2H4O2/c1-17(16-37)32-33-19(3)23-25(29)31-26(24(28)30-23)35-12-13-36(18(2)14-35)22-8-10-34(11-9-22)15-20-4-6-21(27)7-5-20;1-4-2-3/h4-7,18,22,37H,8-16H2,1-3H3,(H2,29,31);2H,1H3/b32-17+,33-19+;. The van der Waals surface area contributed by atoms with E-state index < -0.39 is 0 Å². The number of halogens is 2. The van der Waals surface area contributed by atoms with Crippen LogP contribution in [0, 0.1) is 0 Å². The van der Waals surface area contributed by atoms with Crippen LogP contribution in [-0.2, 0) is 16.1 Å². The highest BCUT2D eigenvalue weighted by atomic mass is 35.5. The summed E-state index contributed by atoms with van der Waals surface area (Å²) in [4.78, 5) is 25.4. The molecule has 2 fully saturated rings. The molecule has 2 saturated heterocycles. The summed E-state index contributed by atoms with van der Waals surface area (Å²) >= 11 is 12.6. The zero-order valence-corrected chi connectivity index (χ0v) is 25.6. The highest BCUT2D eigenvalue weighted by Crippen LogP contribution is 2.29. The third kappa shape index (κ3) is 9.34. The number of ether oxygens (including phenoxy) is 1. The van der Waals surface area contributed by atoms with Crippen LogP contribution >= 0.6 is 23.2 Å². The number of nitrogen functional groups attached to an aromatic ring is 1. The van der Waals surface area contributed by atoms with E-state index in [9.17, 15) is 0 Å². The van der Waals surface area contributed by atoms with Crippen LogP contribution in [0.2, 0.25) is 10.2 Å². The van der Waals surface area contributed by atoms with Crippen molar-refractivity contribution in [2.45, 2.75) is 52.2 Å². The molecule has 0 spiro atoms. The lowest BCUT2D eigenvalue weighted by atomic mass is 9.99. The van der Waals surface area contributed by atoms with Gasteiger partial charge in [0, 0.05) is 43.3 Å². The number of rotatable bonds is 8. The first kappa shape index (κ1) is 32.7. The highest BCUT2D eigenvalue weighted by molar-refractivity contribution is 6.32. The van der Waals surface area contributed by atoms with Crippen LogP contribution < -0.4 is 10.6 Å². The average Bonchev–Trinajstić information content (AvgIpc) is 2.98. The molecule has 3 N–H and O–H groups in total. The molecule has 41 heavy (non-hydrogen) atoms. The number of aliphatic hydroxyl groups excluding tert-OH is 1. The van der Waals surface area contributed by atoms with Crippen molar-refractivity contribution in [3.8, 4) is 0 Å². The summed E-state index contributed by atoms with van der Waals surface area (Å²) in [5.41, 5.74) is 8.93. The van der Waals surface area contributed by atoms with Crippen LogP contribution in [0.25, 0.3) is 0 Å². The molecule has 0 amide bonds. The van der Waals surface area contributed by atoms with Gasteiger partial charge in [0.2, 0.25) is 0 Å². The summed E-state index contributed by atoms with van der Waals surface area (Å²) in [5.74, 6) is 0.871. The van der Waals surface area contributed by atoms with E-state index in [0.29, 0.717) is 46.6 Å². The van der Waals surface area contributed by atoms with Crippen LogP contribution in [0.1, 0.15) is 44.9 Å². The Morgan fingerprint density at radius 1 is 1.12 bits per heavy atom. The fourth-order valence-electron chi connectivity index (χ4n) is 5.09. The molecule has 1 atom stereocenters. The maximum Gasteiger partial charge on any atom is 0.292 e. The largest absolute Gasteiger partial charge is 0.471 e. The molecular weight excluding hydrogens is 567 g/mol. The summed E-state index contributed by atoms with van der Waals surface area (Å²) in [6.45, 7) is 11.6. The minimum absolute atomic E-state index is 0.162. The molecule has 0 aliphatic carbocycles. The fourth-order valence-corrected chi connectivity index (χ4v) is 5.46. The summed E-state index contributed by atoms with van der Waals surface area (Å²) in [6.07, 6.45) is 2.33. The zero-order chi connectivity index (χ0) is 29.9. The lowest BCUT2D eigenvalue weighted by Gasteiger charge is -2.46. The topological polar surface area (TPSA) is 133 Å². The van der Waals surface area contributed by atoms with Crippen molar-refractivity contribution in [1.29, 1.82) is 0 Å². The van der Waals surface area contributed by atoms with E-state index in [1.54, 1.807) is 13.8 Å². The van der Waals surface area contributed by atoms with Crippen LogP contribution in [-0.4, -0.2) is 101 Å². The Hall–Kier alpha value is -2.83. The lowest BCUT2D eigenvalue weighted by Crippen LogP contribution is -2.57. The molecule has 2 aliphatic heterocycles. The maximum absolute atomic E-state index is 9.11. The third-order valence-corrected chi connectivity index (χ3v) is 7.73. The van der Waals surface area contributed by atoms with E-state index in [-0.39, 0.29) is 12.4 Å². The molecule has 11 nitrogen and oxygen atoms in total. The van der Waals surface area contributed by atoms with Gasteiger partial charge in [-0.1, -0.05) is 35.3 Å². The number of carbonyl (C=O) groups excluding carboxylic acids is 1. The molecule has 3 heterocycles. The number of piperazine rings is 1. The second kappa shape index (κ2) is 16.0. The molecule has 2 aromatic rings. The first-order valence-electron chi connectivity index (χ1n) is 13.6. The second-order valence-corrected chi connectivity index (χ2v) is 11.0. The van der Waals surface area contributed by atoms with E-state index in [1.165, 1.54) is 12.7 Å². The molecular formula is C28H40Cl2N8O3. The van der Waals surface area contributed by atoms with Crippen molar-refractivity contribution in [3.63, 3.8) is 0 Å². The number of aromatic nitrogens is 2. The van der Waals surface area contributed by atoms with Gasteiger partial charge in [0.1, 0.15) is 5.69 Å². The molecule has 2 aliphatic rings. The zero-order valence-electron chi connectivity index (χ0n) is 24.1. The minimum Gasteiger partial charge on any atom is -0.471 e. The number of benzene rings is 1. The van der Waals surface area contributed by atoms with Crippen LogP contribution in [0.15, 0.2) is 34.5 Å². The molecule has 0 saturated carbocycles. The fraction of sp³-hybridized carbons (Fsp3) is 0.536. The first-order valence-corrected chi connectivity index (χ1v) is 14.4. The molecule has 1 unspecified atom stereocenters. The van der Waals surface area contributed by atoms with Gasteiger partial charge in [0.15, 0.2) is 16.8 Å². The van der Waals surface area contributed by atoms with Gasteiger partial charge < -0.3 is 20.5 Å². The van der Waals surface area contributed by atoms with Gasteiger partial charge in [-0.05, 0) is 64.4 Å². The molecule has 224 valence electrons. The summed E-state index contributed by atoms with van der Waals surface area (Å²) < 4.78 is 3.86. The Morgan fingerprint density at radius 3 is 2.37 bits per heavy atom. The summed E-state index contributed by atoms with van der Waals surface area (Å²) in [7, 11) is 1.31. The monoisotopic (exact) mass is 606 g/mol. The SMILES string of the molecule is C/C(CO)=N\N=C(/C)c1nc(Cl)c(N2CCN(C3CCN(Cc4ccc(Cl)cc4)CC3)C(C)C2)nc1N.COC=O. The number of nitrogens with zero attached hydrogens (tertiary/aromatic N) is 7. The van der Waals surface area contributed by atoms with Crippen molar-refractivity contribution < 1.29 is 14.6 Å². The van der Waals surface area contributed by atoms with Crippen molar-refractivity contribution >= 4 is 52.7 Å². The lowest BCUT2D eigenvalue weighted by molar-refractivity contribution is -0.126. The molecule has 0 bridgehead atoms. The van der Waals surface area contributed by atoms with Gasteiger partial charge in [-0.25, -0.2) is 9.97 Å². The number of piperidine rings is 1. The molecule has 0 radical (unpaired) electrons. The van der Waals surface area contributed by atoms with Crippen molar-refractivity contribution in [2.24, 2.45) is 10.2 Å². The Balaban J connectivity index is 0.00000108. The third-order valence-electron chi connectivity index (χ3n) is 7.23. The van der Waals surface area contributed by atoms with Gasteiger partial charge in [-0.2, -0.15) is 10.2 Å². The van der Waals surface area contributed by atoms with Gasteiger partial charge in [-0.3, -0.25) is 14.6 Å². The summed E-state index contributed by atoms with van der Waals surface area (Å²) in [6, 6.07) is 9.10. The molecule has 13 heteroatoms. The van der Waals surface area contributed by atoms with E-state index in [4.69, 9.17) is 38.8 Å². The molecule has 4 rings (SSSR count). The number of carbonyl (C=O) groups is 1. The average molecular weight is 608 g/mol.